The fourth-order valence-corrected chi connectivity index (χ4v) is 4.35. The molecular formula is C22H31N3O4. The number of likely N-dealkylation sites (tertiary alicyclic amines) is 2. The number of nitrogens with zero attached hydrogens (tertiary/aromatic N) is 2. The molecule has 3 fully saturated rings. The SMILES string of the molecule is O=C(Nc1cccc(OC[C@H]2CCCO2)c1)[C@H]1CCCN(C(=O)N2CCCC2)C1. The Morgan fingerprint density at radius 1 is 1.07 bits per heavy atom. The summed E-state index contributed by atoms with van der Waals surface area (Å²) in [5, 5.41) is 3.01. The van der Waals surface area contributed by atoms with Crippen LogP contribution in [0.15, 0.2) is 24.3 Å². The smallest absolute Gasteiger partial charge is 0.320 e. The van der Waals surface area contributed by atoms with Crippen LogP contribution in [0.25, 0.3) is 0 Å². The van der Waals surface area contributed by atoms with Crippen molar-refractivity contribution in [2.75, 3.05) is 44.7 Å². The van der Waals surface area contributed by atoms with Gasteiger partial charge in [-0.3, -0.25) is 4.79 Å². The van der Waals surface area contributed by atoms with Crippen LogP contribution in [0.5, 0.6) is 5.75 Å². The van der Waals surface area contributed by atoms with E-state index >= 15 is 0 Å². The molecule has 3 saturated heterocycles. The van der Waals surface area contributed by atoms with Gasteiger partial charge in [0.05, 0.1) is 12.0 Å². The predicted molar refractivity (Wildman–Crippen MR) is 110 cm³/mol. The largest absolute Gasteiger partial charge is 0.491 e. The lowest BCUT2D eigenvalue weighted by Crippen LogP contribution is -2.48. The zero-order valence-electron chi connectivity index (χ0n) is 17.0. The molecule has 0 radical (unpaired) electrons. The molecule has 4 rings (SSSR count). The Labute approximate surface area is 172 Å². The molecule has 0 aromatic heterocycles. The normalized spacial score (nSPS) is 24.6. The van der Waals surface area contributed by atoms with Crippen LogP contribution < -0.4 is 10.1 Å². The van der Waals surface area contributed by atoms with Gasteiger partial charge < -0.3 is 24.6 Å². The Hall–Kier alpha value is -2.28. The van der Waals surface area contributed by atoms with Crippen molar-refractivity contribution < 1.29 is 19.1 Å². The number of rotatable bonds is 5. The Balaban J connectivity index is 1.30. The minimum atomic E-state index is -0.174. The second-order valence-electron chi connectivity index (χ2n) is 8.23. The van der Waals surface area contributed by atoms with Gasteiger partial charge in [0.25, 0.3) is 0 Å². The van der Waals surface area contributed by atoms with E-state index in [0.29, 0.717) is 13.2 Å². The van der Waals surface area contributed by atoms with E-state index in [1.54, 1.807) is 0 Å². The summed E-state index contributed by atoms with van der Waals surface area (Å²) in [5.74, 6) is 0.528. The molecule has 7 nitrogen and oxygen atoms in total. The number of hydrogen-bond acceptors (Lipinski definition) is 4. The second kappa shape index (κ2) is 9.48. The van der Waals surface area contributed by atoms with Gasteiger partial charge in [-0.2, -0.15) is 0 Å². The first-order valence-corrected chi connectivity index (χ1v) is 10.9. The Bertz CT molecular complexity index is 714. The van der Waals surface area contributed by atoms with Crippen LogP contribution in [0.3, 0.4) is 0 Å². The van der Waals surface area contributed by atoms with E-state index in [2.05, 4.69) is 5.32 Å². The van der Waals surface area contributed by atoms with Gasteiger partial charge >= 0.3 is 6.03 Å². The molecule has 2 atom stereocenters. The zero-order chi connectivity index (χ0) is 20.1. The van der Waals surface area contributed by atoms with E-state index in [1.807, 2.05) is 34.1 Å². The van der Waals surface area contributed by atoms with Crippen molar-refractivity contribution in [2.45, 2.75) is 44.6 Å². The van der Waals surface area contributed by atoms with E-state index in [-0.39, 0.29) is 24.0 Å². The van der Waals surface area contributed by atoms with Gasteiger partial charge in [0.1, 0.15) is 12.4 Å². The molecule has 0 aliphatic carbocycles. The van der Waals surface area contributed by atoms with E-state index in [4.69, 9.17) is 9.47 Å². The minimum Gasteiger partial charge on any atom is -0.491 e. The number of ether oxygens (including phenoxy) is 2. The van der Waals surface area contributed by atoms with E-state index < -0.39 is 0 Å². The molecule has 29 heavy (non-hydrogen) atoms. The van der Waals surface area contributed by atoms with Crippen LogP contribution in [0, 0.1) is 5.92 Å². The van der Waals surface area contributed by atoms with Crippen LogP contribution in [0.1, 0.15) is 38.5 Å². The number of hydrogen-bond donors (Lipinski definition) is 1. The van der Waals surface area contributed by atoms with Gasteiger partial charge in [0, 0.05) is 44.5 Å². The summed E-state index contributed by atoms with van der Waals surface area (Å²) < 4.78 is 11.4. The maximum atomic E-state index is 12.8. The molecule has 1 aromatic rings. The van der Waals surface area contributed by atoms with E-state index in [1.165, 1.54) is 0 Å². The molecule has 3 amide bonds. The highest BCUT2D eigenvalue weighted by Crippen LogP contribution is 2.23. The van der Waals surface area contributed by atoms with Crippen molar-refractivity contribution in [3.05, 3.63) is 24.3 Å². The van der Waals surface area contributed by atoms with Crippen LogP contribution in [0.4, 0.5) is 10.5 Å². The van der Waals surface area contributed by atoms with Crippen molar-refractivity contribution in [1.29, 1.82) is 0 Å². The second-order valence-corrected chi connectivity index (χ2v) is 8.23. The number of urea groups is 1. The van der Waals surface area contributed by atoms with Gasteiger partial charge in [0.2, 0.25) is 5.91 Å². The maximum Gasteiger partial charge on any atom is 0.320 e. The van der Waals surface area contributed by atoms with Crippen LogP contribution in [-0.2, 0) is 9.53 Å². The summed E-state index contributed by atoms with van der Waals surface area (Å²) in [7, 11) is 0. The molecule has 3 heterocycles. The average Bonchev–Trinajstić information content (AvgIpc) is 3.46. The van der Waals surface area contributed by atoms with E-state index in [9.17, 15) is 9.59 Å². The first-order valence-electron chi connectivity index (χ1n) is 10.9. The first kappa shape index (κ1) is 20.0. The first-order chi connectivity index (χ1) is 14.2. The molecule has 1 N–H and O–H groups in total. The minimum absolute atomic E-state index is 0.0276. The molecule has 158 valence electrons. The molecule has 0 bridgehead atoms. The number of piperidine rings is 1. The summed E-state index contributed by atoms with van der Waals surface area (Å²) >= 11 is 0. The van der Waals surface area contributed by atoms with Crippen molar-refractivity contribution in [3.63, 3.8) is 0 Å². The highest BCUT2D eigenvalue weighted by Gasteiger charge is 2.31. The monoisotopic (exact) mass is 401 g/mol. The van der Waals surface area contributed by atoms with Gasteiger partial charge in [-0.1, -0.05) is 6.07 Å². The Morgan fingerprint density at radius 3 is 2.69 bits per heavy atom. The lowest BCUT2D eigenvalue weighted by atomic mass is 9.97. The lowest BCUT2D eigenvalue weighted by Gasteiger charge is -2.34. The summed E-state index contributed by atoms with van der Waals surface area (Å²) in [5.41, 5.74) is 0.725. The number of anilines is 1. The molecule has 0 spiro atoms. The van der Waals surface area contributed by atoms with Gasteiger partial charge in [-0.05, 0) is 50.7 Å². The summed E-state index contributed by atoms with van der Waals surface area (Å²) in [6.07, 6.45) is 6.11. The van der Waals surface area contributed by atoms with Crippen LogP contribution in [0.2, 0.25) is 0 Å². The zero-order valence-corrected chi connectivity index (χ0v) is 17.0. The standard InChI is InChI=1S/C22H31N3O4/c26-21(17-6-4-12-25(15-17)22(27)24-10-1-2-11-24)23-18-7-3-8-19(14-18)29-16-20-9-5-13-28-20/h3,7-8,14,17,20H,1-2,4-6,9-13,15-16H2,(H,23,26)/t17-,20+/m0/s1. The number of amides is 3. The Kier molecular flexibility index (Phi) is 6.54. The molecular weight excluding hydrogens is 370 g/mol. The van der Waals surface area contributed by atoms with Gasteiger partial charge in [-0.25, -0.2) is 4.79 Å². The third-order valence-electron chi connectivity index (χ3n) is 6.00. The van der Waals surface area contributed by atoms with Gasteiger partial charge in [-0.15, -0.1) is 0 Å². The maximum absolute atomic E-state index is 12.8. The average molecular weight is 402 g/mol. The third-order valence-corrected chi connectivity index (χ3v) is 6.00. The fourth-order valence-electron chi connectivity index (χ4n) is 4.35. The number of carbonyl (C=O) groups excluding carboxylic acids is 2. The van der Waals surface area contributed by atoms with E-state index in [0.717, 1.165) is 76.2 Å². The van der Waals surface area contributed by atoms with Crippen molar-refractivity contribution >= 4 is 17.6 Å². The van der Waals surface area contributed by atoms with Gasteiger partial charge in [0.15, 0.2) is 0 Å². The lowest BCUT2D eigenvalue weighted by molar-refractivity contribution is -0.121. The topological polar surface area (TPSA) is 71.1 Å². The third kappa shape index (κ3) is 5.21. The highest BCUT2D eigenvalue weighted by molar-refractivity contribution is 5.93. The quantitative estimate of drug-likeness (QED) is 0.823. The summed E-state index contributed by atoms with van der Waals surface area (Å²) in [6.45, 7) is 4.26. The molecule has 3 aliphatic rings. The molecule has 0 saturated carbocycles. The predicted octanol–water partition coefficient (Wildman–Crippen LogP) is 3.11. The highest BCUT2D eigenvalue weighted by atomic mass is 16.5. The molecule has 1 aromatic carbocycles. The summed E-state index contributed by atoms with van der Waals surface area (Å²) in [6, 6.07) is 7.58. The van der Waals surface area contributed by atoms with Crippen molar-refractivity contribution in [1.82, 2.24) is 9.80 Å². The summed E-state index contributed by atoms with van der Waals surface area (Å²) in [4.78, 5) is 29.2. The molecule has 7 heteroatoms. The fraction of sp³-hybridized carbons (Fsp3) is 0.636. The number of carbonyl (C=O) groups is 2. The van der Waals surface area contributed by atoms with Crippen LogP contribution in [-0.4, -0.2) is 67.2 Å². The number of nitrogens with one attached hydrogen (secondary N) is 1. The van der Waals surface area contributed by atoms with Crippen molar-refractivity contribution in [3.8, 4) is 5.75 Å². The van der Waals surface area contributed by atoms with Crippen molar-refractivity contribution in [2.24, 2.45) is 5.92 Å². The molecule has 3 aliphatic heterocycles. The number of benzene rings is 1. The Morgan fingerprint density at radius 2 is 1.90 bits per heavy atom. The van der Waals surface area contributed by atoms with Crippen LogP contribution >= 0.6 is 0 Å². The molecule has 0 unspecified atom stereocenters.